The van der Waals surface area contributed by atoms with Crippen molar-refractivity contribution >= 4 is 33.4 Å². The van der Waals surface area contributed by atoms with E-state index in [1.54, 1.807) is 0 Å². The number of hydrogen-bond donors (Lipinski definition) is 0. The van der Waals surface area contributed by atoms with Gasteiger partial charge in [0.05, 0.1) is 11.1 Å². The summed E-state index contributed by atoms with van der Waals surface area (Å²) in [7, 11) is 0. The van der Waals surface area contributed by atoms with Crippen LogP contribution in [0.4, 0.5) is 5.69 Å². The van der Waals surface area contributed by atoms with E-state index in [9.17, 15) is 9.59 Å². The molecule has 3 rings (SSSR count). The minimum atomic E-state index is -0.427. The summed E-state index contributed by atoms with van der Waals surface area (Å²) in [5, 5.41) is 0. The monoisotopic (exact) mass is 349 g/mol. The molecular weight excluding hydrogens is 330 g/mol. The molecule has 1 aromatic rings. The first kappa shape index (κ1) is 14.8. The lowest BCUT2D eigenvalue weighted by molar-refractivity contribution is -0.126. The summed E-state index contributed by atoms with van der Waals surface area (Å²) in [6, 6.07) is 5.75. The van der Waals surface area contributed by atoms with E-state index < -0.39 is 5.41 Å². The van der Waals surface area contributed by atoms with Crippen LogP contribution >= 0.6 is 15.9 Å². The zero-order valence-electron chi connectivity index (χ0n) is 12.3. The van der Waals surface area contributed by atoms with Gasteiger partial charge in [-0.3, -0.25) is 14.5 Å². The summed E-state index contributed by atoms with van der Waals surface area (Å²) in [6.45, 7) is 1.97. The maximum Gasteiger partial charge on any atom is 0.240 e. The number of aryl methyl sites for hydroxylation is 1. The molecule has 2 amide bonds. The van der Waals surface area contributed by atoms with E-state index in [0.29, 0.717) is 12.1 Å². The topological polar surface area (TPSA) is 37.4 Å². The number of hydrogen-bond acceptors (Lipinski definition) is 2. The largest absolute Gasteiger partial charge is 0.274 e. The highest BCUT2D eigenvalue weighted by molar-refractivity contribution is 9.10. The minimum absolute atomic E-state index is 0.0203. The second kappa shape index (κ2) is 5.56. The van der Waals surface area contributed by atoms with Crippen molar-refractivity contribution in [3.63, 3.8) is 0 Å². The third kappa shape index (κ3) is 2.66. The molecule has 3 nitrogen and oxygen atoms in total. The number of halogens is 1. The van der Waals surface area contributed by atoms with Crippen LogP contribution in [0.2, 0.25) is 0 Å². The van der Waals surface area contributed by atoms with Gasteiger partial charge in [-0.25, -0.2) is 0 Å². The SMILES string of the molecule is Cc1cc(Br)cc(N2C(=O)CC3(CCCCCC3)C2=O)c1. The summed E-state index contributed by atoms with van der Waals surface area (Å²) in [5.74, 6) is -0.0219. The zero-order chi connectivity index (χ0) is 15.0. The summed E-state index contributed by atoms with van der Waals surface area (Å²) in [5.41, 5.74) is 1.32. The number of nitrogens with zero attached hydrogens (tertiary/aromatic N) is 1. The molecule has 1 aromatic carbocycles. The Balaban J connectivity index is 1.96. The molecule has 4 heteroatoms. The van der Waals surface area contributed by atoms with E-state index in [1.807, 2.05) is 25.1 Å². The van der Waals surface area contributed by atoms with Gasteiger partial charge in [0.25, 0.3) is 0 Å². The quantitative estimate of drug-likeness (QED) is 0.706. The van der Waals surface area contributed by atoms with Gasteiger partial charge in [0.2, 0.25) is 11.8 Å². The van der Waals surface area contributed by atoms with Crippen molar-refractivity contribution in [3.8, 4) is 0 Å². The van der Waals surface area contributed by atoms with E-state index in [-0.39, 0.29) is 11.8 Å². The summed E-state index contributed by atoms with van der Waals surface area (Å²) < 4.78 is 0.903. The number of imide groups is 1. The van der Waals surface area contributed by atoms with Gasteiger partial charge in [0, 0.05) is 10.9 Å². The first-order valence-electron chi connectivity index (χ1n) is 7.66. The Hall–Kier alpha value is -1.16. The number of amides is 2. The van der Waals surface area contributed by atoms with Gasteiger partial charge in [-0.15, -0.1) is 0 Å². The third-order valence-corrected chi connectivity index (χ3v) is 5.20. The van der Waals surface area contributed by atoms with Gasteiger partial charge in [0.15, 0.2) is 0 Å². The van der Waals surface area contributed by atoms with Crippen LogP contribution in [0, 0.1) is 12.3 Å². The van der Waals surface area contributed by atoms with Gasteiger partial charge < -0.3 is 0 Å². The molecule has 2 fully saturated rings. The Morgan fingerprint density at radius 1 is 1.05 bits per heavy atom. The molecule has 0 bridgehead atoms. The normalized spacial score (nSPS) is 21.9. The van der Waals surface area contributed by atoms with Crippen molar-refractivity contribution in [1.29, 1.82) is 0 Å². The highest BCUT2D eigenvalue weighted by Gasteiger charge is 2.51. The first-order chi connectivity index (χ1) is 10.0. The molecule has 1 saturated carbocycles. The molecule has 112 valence electrons. The van der Waals surface area contributed by atoms with Crippen molar-refractivity contribution in [3.05, 3.63) is 28.2 Å². The summed E-state index contributed by atoms with van der Waals surface area (Å²) in [4.78, 5) is 26.9. The lowest BCUT2D eigenvalue weighted by atomic mass is 9.79. The van der Waals surface area contributed by atoms with Crippen LogP contribution in [0.1, 0.15) is 50.5 Å². The molecule has 21 heavy (non-hydrogen) atoms. The second-order valence-electron chi connectivity index (χ2n) is 6.39. The van der Waals surface area contributed by atoms with E-state index in [4.69, 9.17) is 0 Å². The first-order valence-corrected chi connectivity index (χ1v) is 8.46. The molecule has 0 unspecified atom stereocenters. The molecule has 0 N–H and O–H groups in total. The van der Waals surface area contributed by atoms with Gasteiger partial charge in [-0.1, -0.05) is 41.6 Å². The fraction of sp³-hybridized carbons (Fsp3) is 0.529. The van der Waals surface area contributed by atoms with E-state index in [0.717, 1.165) is 35.7 Å². The van der Waals surface area contributed by atoms with E-state index in [1.165, 1.54) is 17.7 Å². The van der Waals surface area contributed by atoms with Crippen molar-refractivity contribution in [1.82, 2.24) is 0 Å². The van der Waals surface area contributed by atoms with Crippen molar-refractivity contribution in [2.24, 2.45) is 5.41 Å². The van der Waals surface area contributed by atoms with Crippen LogP contribution in [-0.2, 0) is 9.59 Å². The smallest absolute Gasteiger partial charge is 0.240 e. The van der Waals surface area contributed by atoms with Crippen LogP contribution < -0.4 is 4.90 Å². The number of carbonyl (C=O) groups excluding carboxylic acids is 2. The molecule has 1 saturated heterocycles. The van der Waals surface area contributed by atoms with Crippen molar-refractivity contribution in [2.75, 3.05) is 4.90 Å². The Labute approximate surface area is 133 Å². The highest BCUT2D eigenvalue weighted by Crippen LogP contribution is 2.45. The molecule has 2 aliphatic rings. The Morgan fingerprint density at radius 2 is 1.71 bits per heavy atom. The number of carbonyl (C=O) groups is 2. The van der Waals surface area contributed by atoms with Crippen LogP contribution in [0.15, 0.2) is 22.7 Å². The van der Waals surface area contributed by atoms with Gasteiger partial charge in [-0.2, -0.15) is 0 Å². The highest BCUT2D eigenvalue weighted by atomic mass is 79.9. The predicted octanol–water partition coefficient (Wildman–Crippen LogP) is 4.36. The lowest BCUT2D eigenvalue weighted by Gasteiger charge is -2.25. The molecule has 1 heterocycles. The standard InChI is InChI=1S/C17H20BrNO2/c1-12-8-13(18)10-14(9-12)19-15(20)11-17(16(19)21)6-4-2-3-5-7-17/h8-10H,2-7,11H2,1H3. The Morgan fingerprint density at radius 3 is 2.33 bits per heavy atom. The minimum Gasteiger partial charge on any atom is -0.274 e. The lowest BCUT2D eigenvalue weighted by Crippen LogP contribution is -2.35. The van der Waals surface area contributed by atoms with Gasteiger partial charge in [0.1, 0.15) is 0 Å². The van der Waals surface area contributed by atoms with E-state index >= 15 is 0 Å². The third-order valence-electron chi connectivity index (χ3n) is 4.74. The molecule has 1 aliphatic heterocycles. The fourth-order valence-corrected chi connectivity index (χ4v) is 4.29. The maximum atomic E-state index is 13.0. The average molecular weight is 350 g/mol. The van der Waals surface area contributed by atoms with Crippen LogP contribution in [-0.4, -0.2) is 11.8 Å². The molecule has 1 aliphatic carbocycles. The number of rotatable bonds is 1. The van der Waals surface area contributed by atoms with Crippen LogP contribution in [0.3, 0.4) is 0 Å². The van der Waals surface area contributed by atoms with Crippen molar-refractivity contribution in [2.45, 2.75) is 51.9 Å². The van der Waals surface area contributed by atoms with Gasteiger partial charge in [-0.05, 0) is 43.5 Å². The molecule has 0 atom stereocenters. The van der Waals surface area contributed by atoms with E-state index in [2.05, 4.69) is 15.9 Å². The predicted molar refractivity (Wildman–Crippen MR) is 86.1 cm³/mol. The maximum absolute atomic E-state index is 13.0. The molecule has 0 radical (unpaired) electrons. The van der Waals surface area contributed by atoms with Crippen LogP contribution in [0.5, 0.6) is 0 Å². The number of benzene rings is 1. The summed E-state index contributed by atoms with van der Waals surface area (Å²) in [6.07, 6.45) is 6.59. The zero-order valence-corrected chi connectivity index (χ0v) is 13.9. The Bertz CT molecular complexity index is 568. The average Bonchev–Trinajstić information content (AvgIpc) is 2.56. The second-order valence-corrected chi connectivity index (χ2v) is 7.31. The summed E-state index contributed by atoms with van der Waals surface area (Å²) >= 11 is 3.45. The molecule has 1 spiro atoms. The Kier molecular flexibility index (Phi) is 3.91. The molecule has 0 aromatic heterocycles. The molecular formula is C17H20BrNO2. The number of anilines is 1. The van der Waals surface area contributed by atoms with Crippen LogP contribution in [0.25, 0.3) is 0 Å². The van der Waals surface area contributed by atoms with Crippen molar-refractivity contribution < 1.29 is 9.59 Å². The van der Waals surface area contributed by atoms with Gasteiger partial charge >= 0.3 is 0 Å². The fourth-order valence-electron chi connectivity index (χ4n) is 3.70.